The van der Waals surface area contributed by atoms with Crippen LogP contribution >= 0.6 is 11.3 Å². The first-order valence-corrected chi connectivity index (χ1v) is 10.2. The fourth-order valence-electron chi connectivity index (χ4n) is 3.11. The molecule has 0 bridgehead atoms. The lowest BCUT2D eigenvalue weighted by atomic mass is 9.98. The van der Waals surface area contributed by atoms with E-state index in [1.807, 2.05) is 56.5 Å². The lowest BCUT2D eigenvalue weighted by Crippen LogP contribution is -2.41. The molecule has 1 aliphatic rings. The molecule has 2 heterocycles. The summed E-state index contributed by atoms with van der Waals surface area (Å²) in [4.78, 5) is 31.0. The third-order valence-corrected chi connectivity index (χ3v) is 5.52. The third kappa shape index (κ3) is 5.39. The minimum Gasteiger partial charge on any atom is -0.444 e. The number of thiazole rings is 1. The number of benzene rings is 1. The highest BCUT2D eigenvalue weighted by atomic mass is 32.1. The monoisotopic (exact) mass is 386 g/mol. The van der Waals surface area contributed by atoms with Crippen molar-refractivity contribution in [3.8, 4) is 0 Å². The van der Waals surface area contributed by atoms with Gasteiger partial charge in [0.25, 0.3) is 0 Å². The zero-order valence-electron chi connectivity index (χ0n) is 16.1. The molecular weight excluding hydrogens is 360 g/mol. The minimum absolute atomic E-state index is 0.0508. The topological polar surface area (TPSA) is 59.5 Å². The number of Topliss-reactive ketones (excluding diaryl/α,β-unsaturated/α-hetero) is 1. The molecule has 2 aromatic rings. The molecule has 5 nitrogen and oxygen atoms in total. The number of carbonyl (C=O) groups is 2. The Morgan fingerprint density at radius 1 is 1.19 bits per heavy atom. The standard InChI is InChI=1S/C21H26N2O3S/c1-21(2,3)26-20(25)23-11-9-16(10-12-23)19-22-17(14-27-19)18(24)13-15-7-5-4-6-8-15/h4-8,14,16H,9-13H2,1-3H3. The lowest BCUT2D eigenvalue weighted by molar-refractivity contribution is 0.0205. The van der Waals surface area contributed by atoms with E-state index in [9.17, 15) is 9.59 Å². The summed E-state index contributed by atoms with van der Waals surface area (Å²) in [6.07, 6.45) is 1.82. The van der Waals surface area contributed by atoms with Gasteiger partial charge in [0.2, 0.25) is 0 Å². The maximum atomic E-state index is 12.5. The van der Waals surface area contributed by atoms with Crippen LogP contribution in [-0.2, 0) is 11.2 Å². The molecule has 1 aromatic carbocycles. The van der Waals surface area contributed by atoms with Gasteiger partial charge in [-0.15, -0.1) is 11.3 Å². The van der Waals surface area contributed by atoms with Crippen LogP contribution in [0.25, 0.3) is 0 Å². The Morgan fingerprint density at radius 2 is 1.85 bits per heavy atom. The molecule has 1 fully saturated rings. The van der Waals surface area contributed by atoms with Crippen LogP contribution in [-0.4, -0.2) is 40.5 Å². The van der Waals surface area contributed by atoms with Crippen molar-refractivity contribution in [2.45, 2.75) is 51.6 Å². The van der Waals surface area contributed by atoms with E-state index >= 15 is 0 Å². The van der Waals surface area contributed by atoms with E-state index in [4.69, 9.17) is 4.74 Å². The normalized spacial score (nSPS) is 15.6. The molecule has 144 valence electrons. The molecule has 0 aliphatic carbocycles. The van der Waals surface area contributed by atoms with Crippen molar-refractivity contribution in [1.29, 1.82) is 0 Å². The lowest BCUT2D eigenvalue weighted by Gasteiger charge is -2.32. The zero-order chi connectivity index (χ0) is 19.4. The average Bonchev–Trinajstić information content (AvgIpc) is 3.11. The molecule has 0 spiro atoms. The minimum atomic E-state index is -0.475. The highest BCUT2D eigenvalue weighted by Gasteiger charge is 2.29. The number of carbonyl (C=O) groups excluding carboxylic acids is 2. The second-order valence-electron chi connectivity index (χ2n) is 7.90. The summed E-state index contributed by atoms with van der Waals surface area (Å²) < 4.78 is 5.44. The number of likely N-dealkylation sites (tertiary alicyclic amines) is 1. The Hall–Kier alpha value is -2.21. The molecule has 0 saturated carbocycles. The van der Waals surface area contributed by atoms with Gasteiger partial charge in [-0.3, -0.25) is 4.79 Å². The largest absolute Gasteiger partial charge is 0.444 e. The number of hydrogen-bond acceptors (Lipinski definition) is 5. The first kappa shape index (κ1) is 19.5. The van der Waals surface area contributed by atoms with Crippen LogP contribution in [0.15, 0.2) is 35.7 Å². The van der Waals surface area contributed by atoms with E-state index in [1.54, 1.807) is 16.2 Å². The van der Waals surface area contributed by atoms with Crippen LogP contribution in [0.4, 0.5) is 4.79 Å². The molecule has 0 unspecified atom stereocenters. The van der Waals surface area contributed by atoms with Crippen LogP contribution in [0, 0.1) is 0 Å². The van der Waals surface area contributed by atoms with Crippen LogP contribution in [0.1, 0.15) is 60.6 Å². The number of rotatable bonds is 4. The van der Waals surface area contributed by atoms with Crippen molar-refractivity contribution in [2.24, 2.45) is 0 Å². The predicted molar refractivity (Wildman–Crippen MR) is 106 cm³/mol. The Bertz CT molecular complexity index is 787. The SMILES string of the molecule is CC(C)(C)OC(=O)N1CCC(c2nc(C(=O)Cc3ccccc3)cs2)CC1. The summed E-state index contributed by atoms with van der Waals surface area (Å²) in [5.41, 5.74) is 1.08. The summed E-state index contributed by atoms with van der Waals surface area (Å²) in [6.45, 7) is 6.95. The van der Waals surface area contributed by atoms with Gasteiger partial charge in [0.05, 0.1) is 5.01 Å². The number of hydrogen-bond donors (Lipinski definition) is 0. The van der Waals surface area contributed by atoms with Gasteiger partial charge < -0.3 is 9.64 Å². The van der Waals surface area contributed by atoms with Crippen molar-refractivity contribution in [2.75, 3.05) is 13.1 Å². The molecule has 0 radical (unpaired) electrons. The summed E-state index contributed by atoms with van der Waals surface area (Å²) in [7, 11) is 0. The van der Waals surface area contributed by atoms with Gasteiger partial charge in [0.15, 0.2) is 5.78 Å². The van der Waals surface area contributed by atoms with E-state index in [0.717, 1.165) is 23.4 Å². The number of ketones is 1. The number of amides is 1. The van der Waals surface area contributed by atoms with Crippen molar-refractivity contribution in [1.82, 2.24) is 9.88 Å². The van der Waals surface area contributed by atoms with Gasteiger partial charge in [-0.2, -0.15) is 0 Å². The summed E-state index contributed by atoms with van der Waals surface area (Å²) in [6, 6.07) is 9.73. The second kappa shape index (κ2) is 8.21. The van der Waals surface area contributed by atoms with Crippen molar-refractivity contribution in [3.05, 3.63) is 52.0 Å². The molecule has 0 N–H and O–H groups in total. The molecule has 1 aliphatic heterocycles. The zero-order valence-corrected chi connectivity index (χ0v) is 16.9. The molecule has 6 heteroatoms. The van der Waals surface area contributed by atoms with Crippen LogP contribution in [0.3, 0.4) is 0 Å². The van der Waals surface area contributed by atoms with E-state index in [1.165, 1.54) is 0 Å². The maximum Gasteiger partial charge on any atom is 0.410 e. The molecule has 1 aromatic heterocycles. The van der Waals surface area contributed by atoms with Crippen LogP contribution in [0.2, 0.25) is 0 Å². The number of ether oxygens (including phenoxy) is 1. The molecular formula is C21H26N2O3S. The van der Waals surface area contributed by atoms with Crippen molar-refractivity contribution >= 4 is 23.2 Å². The van der Waals surface area contributed by atoms with Gasteiger partial charge in [-0.25, -0.2) is 9.78 Å². The van der Waals surface area contributed by atoms with Gasteiger partial charge in [0, 0.05) is 30.8 Å². The van der Waals surface area contributed by atoms with Crippen molar-refractivity contribution in [3.63, 3.8) is 0 Å². The molecule has 3 rings (SSSR count). The van der Waals surface area contributed by atoms with E-state index in [-0.39, 0.29) is 11.9 Å². The highest BCUT2D eigenvalue weighted by molar-refractivity contribution is 7.09. The van der Waals surface area contributed by atoms with Crippen LogP contribution in [0.5, 0.6) is 0 Å². The number of piperidine rings is 1. The third-order valence-electron chi connectivity index (χ3n) is 4.51. The first-order chi connectivity index (χ1) is 12.8. The van der Waals surface area contributed by atoms with E-state index < -0.39 is 5.60 Å². The molecule has 1 saturated heterocycles. The smallest absolute Gasteiger partial charge is 0.410 e. The fraction of sp³-hybridized carbons (Fsp3) is 0.476. The number of nitrogens with zero attached hydrogens (tertiary/aromatic N) is 2. The summed E-state index contributed by atoms with van der Waals surface area (Å²) in [5, 5.41) is 2.86. The van der Waals surface area contributed by atoms with Gasteiger partial charge in [-0.05, 0) is 39.2 Å². The first-order valence-electron chi connectivity index (χ1n) is 9.32. The van der Waals surface area contributed by atoms with Crippen molar-refractivity contribution < 1.29 is 14.3 Å². The summed E-state index contributed by atoms with van der Waals surface area (Å²) in [5.74, 6) is 0.349. The average molecular weight is 387 g/mol. The Balaban J connectivity index is 1.55. The van der Waals surface area contributed by atoms with Gasteiger partial charge in [-0.1, -0.05) is 30.3 Å². The Labute approximate surface area is 164 Å². The van der Waals surface area contributed by atoms with Crippen LogP contribution < -0.4 is 0 Å². The maximum absolute atomic E-state index is 12.5. The van der Waals surface area contributed by atoms with Gasteiger partial charge in [0.1, 0.15) is 11.3 Å². The Morgan fingerprint density at radius 3 is 2.48 bits per heavy atom. The second-order valence-corrected chi connectivity index (χ2v) is 8.79. The van der Waals surface area contributed by atoms with E-state index in [0.29, 0.717) is 31.1 Å². The molecule has 0 atom stereocenters. The molecule has 1 amide bonds. The quantitative estimate of drug-likeness (QED) is 0.716. The Kier molecular flexibility index (Phi) is 5.95. The predicted octanol–water partition coefficient (Wildman–Crippen LogP) is 4.68. The highest BCUT2D eigenvalue weighted by Crippen LogP contribution is 2.31. The van der Waals surface area contributed by atoms with Gasteiger partial charge >= 0.3 is 6.09 Å². The molecule has 27 heavy (non-hydrogen) atoms. The summed E-state index contributed by atoms with van der Waals surface area (Å²) >= 11 is 1.55. The number of aromatic nitrogens is 1. The van der Waals surface area contributed by atoms with E-state index in [2.05, 4.69) is 4.98 Å². The fourth-order valence-corrected chi connectivity index (χ4v) is 4.11.